The predicted molar refractivity (Wildman–Crippen MR) is 63.8 cm³/mol. The van der Waals surface area contributed by atoms with E-state index in [0.717, 1.165) is 19.3 Å². The van der Waals surface area contributed by atoms with Gasteiger partial charge in [-0.3, -0.25) is 0 Å². The first-order chi connectivity index (χ1) is 7.81. The van der Waals surface area contributed by atoms with Gasteiger partial charge < -0.3 is 5.32 Å². The van der Waals surface area contributed by atoms with Crippen molar-refractivity contribution < 1.29 is 13.2 Å². The van der Waals surface area contributed by atoms with Crippen molar-refractivity contribution in [2.75, 3.05) is 6.54 Å². The maximum absolute atomic E-state index is 12.5. The Morgan fingerprint density at radius 1 is 1.12 bits per heavy atom. The number of nitrogens with one attached hydrogen (secondary N) is 1. The topological polar surface area (TPSA) is 12.0 Å². The molecule has 0 aromatic heterocycles. The van der Waals surface area contributed by atoms with Crippen molar-refractivity contribution >= 4 is 0 Å². The van der Waals surface area contributed by atoms with E-state index in [2.05, 4.69) is 19.2 Å². The fourth-order valence-electron chi connectivity index (χ4n) is 3.25. The van der Waals surface area contributed by atoms with Crippen LogP contribution >= 0.6 is 0 Å². The Morgan fingerprint density at radius 3 is 2.06 bits per heavy atom. The van der Waals surface area contributed by atoms with Crippen molar-refractivity contribution in [2.45, 2.75) is 58.7 Å². The average molecular weight is 251 g/mol. The third-order valence-electron chi connectivity index (χ3n) is 3.70. The van der Waals surface area contributed by atoms with Crippen molar-refractivity contribution in [3.05, 3.63) is 0 Å². The Morgan fingerprint density at radius 2 is 1.65 bits per heavy atom. The van der Waals surface area contributed by atoms with Crippen molar-refractivity contribution in [3.8, 4) is 0 Å². The van der Waals surface area contributed by atoms with Crippen LogP contribution in [-0.4, -0.2) is 18.8 Å². The fraction of sp³-hybridized carbons (Fsp3) is 1.00. The van der Waals surface area contributed by atoms with Gasteiger partial charge in [0, 0.05) is 6.04 Å². The first-order valence-electron chi connectivity index (χ1n) is 6.62. The smallest absolute Gasteiger partial charge is 0.314 e. The highest BCUT2D eigenvalue weighted by molar-refractivity contribution is 4.85. The van der Waals surface area contributed by atoms with Gasteiger partial charge in [0.05, 0.1) is 6.42 Å². The molecular weight excluding hydrogens is 227 g/mol. The van der Waals surface area contributed by atoms with E-state index in [-0.39, 0.29) is 5.92 Å². The van der Waals surface area contributed by atoms with Gasteiger partial charge in [0.1, 0.15) is 0 Å². The molecule has 1 aliphatic carbocycles. The second kappa shape index (κ2) is 6.07. The normalized spacial score (nSPS) is 32.5. The van der Waals surface area contributed by atoms with Crippen LogP contribution < -0.4 is 5.32 Å². The van der Waals surface area contributed by atoms with Crippen molar-refractivity contribution in [3.63, 3.8) is 0 Å². The number of halogens is 3. The Hall–Kier alpha value is -0.250. The van der Waals surface area contributed by atoms with Crippen LogP contribution in [0.4, 0.5) is 13.2 Å². The molecule has 0 amide bonds. The molecule has 3 atom stereocenters. The standard InChI is InChI=1S/C13H24F3N/c1-4-17-12(8-13(14,15)16)11-6-9(2)5-10(3)7-11/h9-12,17H,4-8H2,1-3H3. The second-order valence-electron chi connectivity index (χ2n) is 5.66. The SMILES string of the molecule is CCNC(CC(F)(F)F)C1CC(C)CC(C)C1. The summed E-state index contributed by atoms with van der Waals surface area (Å²) in [5.41, 5.74) is 0. The molecule has 0 saturated heterocycles. The van der Waals surface area contributed by atoms with Crippen molar-refractivity contribution in [1.29, 1.82) is 0 Å². The molecule has 1 fully saturated rings. The molecule has 0 spiro atoms. The number of hydrogen-bond acceptors (Lipinski definition) is 1. The maximum Gasteiger partial charge on any atom is 0.390 e. The van der Waals surface area contributed by atoms with Crippen LogP contribution in [0.1, 0.15) is 46.5 Å². The lowest BCUT2D eigenvalue weighted by atomic mass is 9.73. The minimum atomic E-state index is -4.06. The average Bonchev–Trinajstić information content (AvgIpc) is 2.13. The summed E-state index contributed by atoms with van der Waals surface area (Å²) < 4.78 is 37.6. The van der Waals surface area contributed by atoms with Gasteiger partial charge in [0.2, 0.25) is 0 Å². The Bertz CT molecular complexity index is 217. The van der Waals surface area contributed by atoms with E-state index in [4.69, 9.17) is 0 Å². The van der Waals surface area contributed by atoms with Gasteiger partial charge in [0.25, 0.3) is 0 Å². The van der Waals surface area contributed by atoms with Crippen LogP contribution in [0.25, 0.3) is 0 Å². The summed E-state index contributed by atoms with van der Waals surface area (Å²) in [4.78, 5) is 0. The van der Waals surface area contributed by atoms with Crippen LogP contribution in [0.15, 0.2) is 0 Å². The molecule has 0 aliphatic heterocycles. The minimum absolute atomic E-state index is 0.176. The number of hydrogen-bond donors (Lipinski definition) is 1. The van der Waals surface area contributed by atoms with E-state index in [0.29, 0.717) is 18.4 Å². The van der Waals surface area contributed by atoms with E-state index >= 15 is 0 Å². The largest absolute Gasteiger partial charge is 0.390 e. The Labute approximate surface area is 102 Å². The summed E-state index contributed by atoms with van der Waals surface area (Å²) in [6.45, 7) is 6.79. The molecule has 4 heteroatoms. The highest BCUT2D eigenvalue weighted by Crippen LogP contribution is 2.37. The Balaban J connectivity index is 2.62. The van der Waals surface area contributed by atoms with Gasteiger partial charge in [-0.1, -0.05) is 20.8 Å². The first kappa shape index (κ1) is 14.8. The highest BCUT2D eigenvalue weighted by atomic mass is 19.4. The fourth-order valence-corrected chi connectivity index (χ4v) is 3.25. The zero-order valence-electron chi connectivity index (χ0n) is 11.0. The zero-order valence-corrected chi connectivity index (χ0v) is 11.0. The van der Waals surface area contributed by atoms with Gasteiger partial charge >= 0.3 is 6.18 Å². The van der Waals surface area contributed by atoms with Crippen LogP contribution in [0.2, 0.25) is 0 Å². The first-order valence-corrected chi connectivity index (χ1v) is 6.62. The molecule has 1 aliphatic rings. The molecule has 1 rings (SSSR count). The van der Waals surface area contributed by atoms with E-state index in [1.165, 1.54) is 0 Å². The van der Waals surface area contributed by atoms with E-state index in [9.17, 15) is 13.2 Å². The summed E-state index contributed by atoms with van der Waals surface area (Å²) in [6.07, 6.45) is -1.74. The van der Waals surface area contributed by atoms with Gasteiger partial charge in [-0.15, -0.1) is 0 Å². The molecule has 0 heterocycles. The van der Waals surface area contributed by atoms with Crippen LogP contribution in [0.3, 0.4) is 0 Å². The van der Waals surface area contributed by atoms with E-state index in [1.54, 1.807) is 0 Å². The third kappa shape index (κ3) is 5.28. The molecule has 1 saturated carbocycles. The van der Waals surface area contributed by atoms with Crippen LogP contribution in [0, 0.1) is 17.8 Å². The molecule has 0 aromatic carbocycles. The predicted octanol–water partition coefficient (Wildman–Crippen LogP) is 3.99. The van der Waals surface area contributed by atoms with Gasteiger partial charge in [-0.2, -0.15) is 13.2 Å². The molecule has 0 radical (unpaired) electrons. The van der Waals surface area contributed by atoms with E-state index < -0.39 is 18.6 Å². The molecule has 1 nitrogen and oxygen atoms in total. The maximum atomic E-state index is 12.5. The lowest BCUT2D eigenvalue weighted by molar-refractivity contribution is -0.144. The zero-order chi connectivity index (χ0) is 13.1. The highest BCUT2D eigenvalue weighted by Gasteiger charge is 2.37. The monoisotopic (exact) mass is 251 g/mol. The lowest BCUT2D eigenvalue weighted by Crippen LogP contribution is -2.42. The van der Waals surface area contributed by atoms with Gasteiger partial charge in [-0.25, -0.2) is 0 Å². The van der Waals surface area contributed by atoms with Crippen LogP contribution in [0.5, 0.6) is 0 Å². The molecule has 17 heavy (non-hydrogen) atoms. The third-order valence-corrected chi connectivity index (χ3v) is 3.70. The summed E-state index contributed by atoms with van der Waals surface area (Å²) >= 11 is 0. The molecular formula is C13H24F3N. The van der Waals surface area contributed by atoms with Crippen molar-refractivity contribution in [1.82, 2.24) is 5.32 Å². The van der Waals surface area contributed by atoms with Crippen molar-refractivity contribution in [2.24, 2.45) is 17.8 Å². The summed E-state index contributed by atoms with van der Waals surface area (Å²) in [6, 6.07) is -0.398. The number of rotatable bonds is 4. The molecule has 102 valence electrons. The molecule has 3 unspecified atom stereocenters. The molecule has 0 bridgehead atoms. The minimum Gasteiger partial charge on any atom is -0.314 e. The summed E-state index contributed by atoms with van der Waals surface area (Å²) in [5.74, 6) is 1.28. The van der Waals surface area contributed by atoms with E-state index in [1.807, 2.05) is 6.92 Å². The quantitative estimate of drug-likeness (QED) is 0.796. The lowest BCUT2D eigenvalue weighted by Gasteiger charge is -2.37. The number of alkyl halides is 3. The second-order valence-corrected chi connectivity index (χ2v) is 5.66. The molecule has 1 N–H and O–H groups in total. The van der Waals surface area contributed by atoms with Crippen LogP contribution in [-0.2, 0) is 0 Å². The molecule has 0 aromatic rings. The van der Waals surface area contributed by atoms with Gasteiger partial charge in [-0.05, 0) is 43.6 Å². The summed E-state index contributed by atoms with van der Waals surface area (Å²) in [5, 5.41) is 3.03. The van der Waals surface area contributed by atoms with Gasteiger partial charge in [0.15, 0.2) is 0 Å². The summed E-state index contributed by atoms with van der Waals surface area (Å²) in [7, 11) is 0. The Kier molecular flexibility index (Phi) is 5.29.